The molecule has 0 bridgehead atoms. The molecule has 156 valence electrons. The van der Waals surface area contributed by atoms with E-state index >= 15 is 0 Å². The second kappa shape index (κ2) is 7.11. The van der Waals surface area contributed by atoms with E-state index in [-0.39, 0.29) is 0 Å². The van der Waals surface area contributed by atoms with Gasteiger partial charge in [0.15, 0.2) is 0 Å². The lowest BCUT2D eigenvalue weighted by molar-refractivity contribution is 1.25. The van der Waals surface area contributed by atoms with Crippen molar-refractivity contribution in [3.63, 3.8) is 0 Å². The Bertz CT molecular complexity index is 1640. The molecule has 1 aromatic heterocycles. The second-order valence-electron chi connectivity index (χ2n) is 8.75. The molecule has 0 saturated carbocycles. The Labute approximate surface area is 192 Å². The first-order chi connectivity index (χ1) is 16.3. The molecule has 6 aromatic rings. The first-order valence-corrected chi connectivity index (χ1v) is 11.4. The van der Waals surface area contributed by atoms with Crippen LogP contribution in [0.5, 0.6) is 0 Å². The molecule has 1 heterocycles. The van der Waals surface area contributed by atoms with E-state index in [1.807, 2.05) is 0 Å². The van der Waals surface area contributed by atoms with Gasteiger partial charge in [-0.2, -0.15) is 0 Å². The molecule has 33 heavy (non-hydrogen) atoms. The van der Waals surface area contributed by atoms with Crippen LogP contribution in [0.15, 0.2) is 115 Å². The third-order valence-corrected chi connectivity index (χ3v) is 6.80. The second-order valence-corrected chi connectivity index (χ2v) is 8.75. The van der Waals surface area contributed by atoms with Crippen molar-refractivity contribution in [1.82, 2.24) is 4.98 Å². The van der Waals surface area contributed by atoms with E-state index in [0.29, 0.717) is 0 Å². The molecule has 2 nitrogen and oxygen atoms in total. The minimum Gasteiger partial charge on any atom is -0.355 e. The van der Waals surface area contributed by atoms with Gasteiger partial charge in [0.2, 0.25) is 0 Å². The number of aromatic nitrogens is 1. The van der Waals surface area contributed by atoms with E-state index in [4.69, 9.17) is 0 Å². The van der Waals surface area contributed by atoms with Gasteiger partial charge in [-0.05, 0) is 77.2 Å². The third kappa shape index (κ3) is 2.88. The van der Waals surface area contributed by atoms with Gasteiger partial charge in [-0.15, -0.1) is 0 Å². The first kappa shape index (κ1) is 18.3. The Balaban J connectivity index is 1.44. The minimum absolute atomic E-state index is 1.01. The maximum absolute atomic E-state index is 3.55. The van der Waals surface area contributed by atoms with Crippen LogP contribution < -0.4 is 4.90 Å². The van der Waals surface area contributed by atoms with Crippen molar-refractivity contribution in [1.29, 1.82) is 0 Å². The molecule has 0 spiro atoms. The van der Waals surface area contributed by atoms with Crippen LogP contribution in [0.25, 0.3) is 32.9 Å². The van der Waals surface area contributed by atoms with Crippen LogP contribution in [0, 0.1) is 0 Å². The van der Waals surface area contributed by atoms with Gasteiger partial charge in [-0.25, -0.2) is 0 Å². The summed E-state index contributed by atoms with van der Waals surface area (Å²) in [5.41, 5.74) is 11.3. The van der Waals surface area contributed by atoms with Gasteiger partial charge in [0, 0.05) is 38.9 Å². The van der Waals surface area contributed by atoms with Crippen molar-refractivity contribution in [3.8, 4) is 11.1 Å². The van der Waals surface area contributed by atoms with Crippen molar-refractivity contribution < 1.29 is 0 Å². The fourth-order valence-corrected chi connectivity index (χ4v) is 5.25. The number of nitrogens with one attached hydrogen (secondary N) is 1. The standard InChI is InChI=1S/C31H22N2/c1-2-9-23(10-3-1)33(24-15-14-22-18-21-8-4-5-11-26(21)28(22)19-24)25-16-17-31-29(20-25)27-12-6-7-13-30(27)32-31/h1-17,19-20,32H,18H2. The van der Waals surface area contributed by atoms with E-state index in [0.717, 1.165) is 23.3 Å². The average Bonchev–Trinajstić information content (AvgIpc) is 3.43. The van der Waals surface area contributed by atoms with Crippen molar-refractivity contribution in [3.05, 3.63) is 126 Å². The summed E-state index contributed by atoms with van der Waals surface area (Å²) in [6, 6.07) is 41.6. The third-order valence-electron chi connectivity index (χ3n) is 6.80. The number of anilines is 3. The number of aromatic amines is 1. The highest BCUT2D eigenvalue weighted by atomic mass is 15.1. The molecule has 1 aliphatic rings. The molecule has 0 fully saturated rings. The molecule has 7 rings (SSSR count). The highest BCUT2D eigenvalue weighted by Gasteiger charge is 2.21. The first-order valence-electron chi connectivity index (χ1n) is 11.4. The van der Waals surface area contributed by atoms with E-state index < -0.39 is 0 Å². The number of H-pyrrole nitrogens is 1. The lowest BCUT2D eigenvalue weighted by Gasteiger charge is -2.26. The van der Waals surface area contributed by atoms with E-state index in [9.17, 15) is 0 Å². The van der Waals surface area contributed by atoms with Crippen molar-refractivity contribution in [2.75, 3.05) is 4.90 Å². The Morgan fingerprint density at radius 3 is 2.12 bits per heavy atom. The van der Waals surface area contributed by atoms with Gasteiger partial charge in [0.25, 0.3) is 0 Å². The summed E-state index contributed by atoms with van der Waals surface area (Å²) in [4.78, 5) is 5.91. The minimum atomic E-state index is 1.01. The summed E-state index contributed by atoms with van der Waals surface area (Å²) in [7, 11) is 0. The van der Waals surface area contributed by atoms with Gasteiger partial charge in [0.1, 0.15) is 0 Å². The number of para-hydroxylation sites is 2. The Hall–Kier alpha value is -4.30. The summed E-state index contributed by atoms with van der Waals surface area (Å²) in [5, 5.41) is 2.50. The van der Waals surface area contributed by atoms with Crippen LogP contribution in [0.1, 0.15) is 11.1 Å². The fourth-order valence-electron chi connectivity index (χ4n) is 5.25. The number of fused-ring (bicyclic) bond motifs is 6. The Kier molecular flexibility index (Phi) is 3.94. The summed E-state index contributed by atoms with van der Waals surface area (Å²) in [6.07, 6.45) is 1.01. The zero-order valence-electron chi connectivity index (χ0n) is 18.1. The summed E-state index contributed by atoms with van der Waals surface area (Å²) in [5.74, 6) is 0. The number of hydrogen-bond acceptors (Lipinski definition) is 1. The maximum atomic E-state index is 3.55. The largest absolute Gasteiger partial charge is 0.355 e. The molecule has 0 aliphatic heterocycles. The highest BCUT2D eigenvalue weighted by Crippen LogP contribution is 2.43. The summed E-state index contributed by atoms with van der Waals surface area (Å²) in [6.45, 7) is 0. The molecular formula is C31H22N2. The van der Waals surface area contributed by atoms with E-state index in [1.165, 1.54) is 44.2 Å². The van der Waals surface area contributed by atoms with Gasteiger partial charge < -0.3 is 9.88 Å². The van der Waals surface area contributed by atoms with Crippen molar-refractivity contribution >= 4 is 38.9 Å². The lowest BCUT2D eigenvalue weighted by atomic mass is 10.0. The molecule has 0 amide bonds. The van der Waals surface area contributed by atoms with Crippen molar-refractivity contribution in [2.24, 2.45) is 0 Å². The fraction of sp³-hybridized carbons (Fsp3) is 0.0323. The number of nitrogens with zero attached hydrogens (tertiary/aromatic N) is 1. The Morgan fingerprint density at radius 1 is 0.485 bits per heavy atom. The molecule has 1 N–H and O–H groups in total. The van der Waals surface area contributed by atoms with Crippen LogP contribution in [-0.2, 0) is 6.42 Å². The Morgan fingerprint density at radius 2 is 1.18 bits per heavy atom. The molecule has 1 aliphatic carbocycles. The number of rotatable bonds is 3. The highest BCUT2D eigenvalue weighted by molar-refractivity contribution is 6.08. The van der Waals surface area contributed by atoms with Gasteiger partial charge in [0.05, 0.1) is 0 Å². The summed E-state index contributed by atoms with van der Waals surface area (Å²) >= 11 is 0. The smallest absolute Gasteiger partial charge is 0.0469 e. The molecule has 0 saturated heterocycles. The molecule has 0 atom stereocenters. The van der Waals surface area contributed by atoms with Crippen LogP contribution in [-0.4, -0.2) is 4.98 Å². The SMILES string of the molecule is c1ccc(N(c2ccc3c(c2)-c2ccccc2C3)c2ccc3[nH]c4ccccc4c3c2)cc1. The zero-order valence-corrected chi connectivity index (χ0v) is 18.1. The average molecular weight is 423 g/mol. The molecule has 2 heteroatoms. The normalized spacial score (nSPS) is 12.1. The molecule has 0 radical (unpaired) electrons. The van der Waals surface area contributed by atoms with Crippen molar-refractivity contribution in [2.45, 2.75) is 6.42 Å². The van der Waals surface area contributed by atoms with Gasteiger partial charge >= 0.3 is 0 Å². The van der Waals surface area contributed by atoms with Crippen LogP contribution >= 0.6 is 0 Å². The summed E-state index contributed by atoms with van der Waals surface area (Å²) < 4.78 is 0. The van der Waals surface area contributed by atoms with Crippen LogP contribution in [0.4, 0.5) is 17.1 Å². The molecular weight excluding hydrogens is 400 g/mol. The van der Waals surface area contributed by atoms with Crippen LogP contribution in [0.2, 0.25) is 0 Å². The lowest BCUT2D eigenvalue weighted by Crippen LogP contribution is -2.10. The zero-order chi connectivity index (χ0) is 21.8. The quantitative estimate of drug-likeness (QED) is 0.303. The monoisotopic (exact) mass is 422 g/mol. The molecule has 0 unspecified atom stereocenters. The topological polar surface area (TPSA) is 19.0 Å². The van der Waals surface area contributed by atoms with E-state index in [1.54, 1.807) is 0 Å². The number of hydrogen-bond donors (Lipinski definition) is 1. The molecule has 5 aromatic carbocycles. The van der Waals surface area contributed by atoms with E-state index in [2.05, 4.69) is 125 Å². The predicted octanol–water partition coefficient (Wildman–Crippen LogP) is 8.36. The van der Waals surface area contributed by atoms with Gasteiger partial charge in [-0.1, -0.05) is 66.7 Å². The number of benzene rings is 5. The van der Waals surface area contributed by atoms with Crippen LogP contribution in [0.3, 0.4) is 0 Å². The predicted molar refractivity (Wildman–Crippen MR) is 139 cm³/mol. The maximum Gasteiger partial charge on any atom is 0.0469 e. The van der Waals surface area contributed by atoms with Gasteiger partial charge in [-0.3, -0.25) is 0 Å².